The monoisotopic (exact) mass is 295 g/mol. The van der Waals surface area contributed by atoms with Crippen molar-refractivity contribution in [1.29, 1.82) is 0 Å². The molecule has 0 saturated heterocycles. The molecule has 0 spiro atoms. The van der Waals surface area contributed by atoms with E-state index in [0.717, 1.165) is 32.6 Å². The summed E-state index contributed by atoms with van der Waals surface area (Å²) >= 11 is 1.56. The van der Waals surface area contributed by atoms with Crippen molar-refractivity contribution < 1.29 is 4.74 Å². The molecular weight excluding hydrogens is 281 g/mol. The molecule has 0 fully saturated rings. The van der Waals surface area contributed by atoms with Crippen LogP contribution in [0.25, 0.3) is 22.4 Å². The minimum atomic E-state index is 0.529. The normalized spacial score (nSPS) is 11.3. The molecule has 0 aliphatic carbocycles. The highest BCUT2D eigenvalue weighted by Gasteiger charge is 2.06. The van der Waals surface area contributed by atoms with Gasteiger partial charge in [-0.15, -0.1) is 11.3 Å². The van der Waals surface area contributed by atoms with Crippen LogP contribution >= 0.6 is 11.3 Å². The first-order chi connectivity index (χ1) is 10.2. The Morgan fingerprint density at radius 2 is 2.14 bits per heavy atom. The summed E-state index contributed by atoms with van der Waals surface area (Å²) in [6, 6.07) is 6.13. The van der Waals surface area contributed by atoms with Gasteiger partial charge in [-0.2, -0.15) is 0 Å². The number of nitrogen functional groups attached to an aromatic ring is 1. The van der Waals surface area contributed by atoms with E-state index >= 15 is 0 Å². The molecule has 2 aromatic heterocycles. The fourth-order valence-electron chi connectivity index (χ4n) is 2.13. The fourth-order valence-corrected chi connectivity index (χ4v) is 3.02. The average molecular weight is 295 g/mol. The summed E-state index contributed by atoms with van der Waals surface area (Å²) in [5.74, 6) is 1.42. The number of fused-ring (bicyclic) bond motifs is 1. The molecule has 0 radical (unpaired) electrons. The molecule has 3 aromatic rings. The summed E-state index contributed by atoms with van der Waals surface area (Å²) in [5.41, 5.74) is 9.99. The van der Waals surface area contributed by atoms with E-state index in [-0.39, 0.29) is 0 Å². The van der Waals surface area contributed by atoms with Gasteiger partial charge in [-0.1, -0.05) is 24.3 Å². The smallest absolute Gasteiger partial charge is 0.144 e. The Labute approximate surface area is 127 Å². The molecule has 0 aliphatic rings. The molecule has 0 saturated carbocycles. The largest absolute Gasteiger partial charge is 0.497 e. The van der Waals surface area contributed by atoms with Crippen molar-refractivity contribution in [2.45, 2.75) is 0 Å². The molecule has 3 rings (SSSR count). The van der Waals surface area contributed by atoms with Gasteiger partial charge in [0.1, 0.15) is 25.7 Å². The third-order valence-electron chi connectivity index (χ3n) is 3.30. The van der Waals surface area contributed by atoms with Crippen LogP contribution in [-0.2, 0) is 0 Å². The van der Waals surface area contributed by atoms with E-state index in [1.165, 1.54) is 6.33 Å². The maximum atomic E-state index is 5.85. The van der Waals surface area contributed by atoms with E-state index in [9.17, 15) is 0 Å². The van der Waals surface area contributed by atoms with Gasteiger partial charge in [-0.3, -0.25) is 0 Å². The zero-order valence-corrected chi connectivity index (χ0v) is 12.6. The van der Waals surface area contributed by atoms with Crippen LogP contribution in [0.4, 0.5) is 5.82 Å². The highest BCUT2D eigenvalue weighted by Crippen LogP contribution is 2.28. The Kier molecular flexibility index (Phi) is 3.62. The molecule has 21 heavy (non-hydrogen) atoms. The second-order valence-electron chi connectivity index (χ2n) is 4.69. The molecule has 6 heteroatoms. The number of hydrogen-bond donors (Lipinski definition) is 1. The van der Waals surface area contributed by atoms with E-state index in [0.29, 0.717) is 5.82 Å². The van der Waals surface area contributed by atoms with E-state index in [1.807, 2.05) is 37.5 Å². The second kappa shape index (κ2) is 5.57. The number of benzene rings is 1. The number of rotatable bonds is 3. The molecule has 4 nitrogen and oxygen atoms in total. The Balaban J connectivity index is 1.96. The van der Waals surface area contributed by atoms with Gasteiger partial charge in [0.25, 0.3) is 0 Å². The third-order valence-corrected chi connectivity index (χ3v) is 4.31. The van der Waals surface area contributed by atoms with Crippen molar-refractivity contribution in [3.8, 4) is 5.75 Å². The summed E-state index contributed by atoms with van der Waals surface area (Å²) in [7, 11) is 3.71. The number of thiophene rings is 1. The fraction of sp³-hybridized carbons (Fsp3) is 0.0667. The van der Waals surface area contributed by atoms with E-state index in [1.54, 1.807) is 18.4 Å². The van der Waals surface area contributed by atoms with Crippen molar-refractivity contribution in [1.82, 2.24) is 9.97 Å². The number of nitrogens with two attached hydrogens (primary N) is 1. The van der Waals surface area contributed by atoms with E-state index < -0.39 is 0 Å². The van der Waals surface area contributed by atoms with Gasteiger partial charge < -0.3 is 10.5 Å². The Morgan fingerprint density at radius 1 is 1.29 bits per heavy atom. The molecule has 0 aliphatic heterocycles. The van der Waals surface area contributed by atoms with Gasteiger partial charge in [0.15, 0.2) is 0 Å². The van der Waals surface area contributed by atoms with Gasteiger partial charge in [0.05, 0.1) is 17.3 Å². The van der Waals surface area contributed by atoms with Gasteiger partial charge in [-0.25, -0.2) is 9.97 Å². The molecule has 1 aromatic carbocycles. The van der Waals surface area contributed by atoms with Gasteiger partial charge in [0, 0.05) is 10.9 Å². The SMILES string of the molecule is Bc1ccc(/C=C/c2csc3c(N)ncnc23)cc1OC. The van der Waals surface area contributed by atoms with Crippen LogP contribution in [0.2, 0.25) is 0 Å². The lowest BCUT2D eigenvalue weighted by molar-refractivity contribution is 0.418. The predicted octanol–water partition coefficient (Wildman–Crippen LogP) is 1.71. The lowest BCUT2D eigenvalue weighted by atomic mass is 9.93. The van der Waals surface area contributed by atoms with Crippen LogP contribution in [0.3, 0.4) is 0 Å². The minimum absolute atomic E-state index is 0.529. The number of anilines is 1. The summed E-state index contributed by atoms with van der Waals surface area (Å²) < 4.78 is 6.27. The molecular formula is C15H14BN3OS. The first-order valence-corrected chi connectivity index (χ1v) is 7.37. The second-order valence-corrected chi connectivity index (χ2v) is 5.57. The Bertz CT molecular complexity index is 829. The summed E-state index contributed by atoms with van der Waals surface area (Å²) in [4.78, 5) is 8.31. The predicted molar refractivity (Wildman–Crippen MR) is 91.9 cm³/mol. The minimum Gasteiger partial charge on any atom is -0.497 e. The van der Waals surface area contributed by atoms with Crippen LogP contribution in [0.5, 0.6) is 5.75 Å². The van der Waals surface area contributed by atoms with Crippen molar-refractivity contribution in [3.05, 3.63) is 41.0 Å². The first kappa shape index (κ1) is 13.6. The lowest BCUT2D eigenvalue weighted by Crippen LogP contribution is -2.06. The van der Waals surface area contributed by atoms with Crippen molar-refractivity contribution in [2.75, 3.05) is 12.8 Å². The van der Waals surface area contributed by atoms with Crippen LogP contribution < -0.4 is 15.9 Å². The third kappa shape index (κ3) is 2.62. The molecule has 0 atom stereocenters. The van der Waals surface area contributed by atoms with Gasteiger partial charge >= 0.3 is 0 Å². The number of aromatic nitrogens is 2. The lowest BCUT2D eigenvalue weighted by Gasteiger charge is -2.05. The summed E-state index contributed by atoms with van der Waals surface area (Å²) in [6.45, 7) is 0. The number of nitrogens with zero attached hydrogens (tertiary/aromatic N) is 2. The molecule has 0 unspecified atom stereocenters. The van der Waals surface area contributed by atoms with Crippen LogP contribution in [0.15, 0.2) is 29.9 Å². The zero-order valence-electron chi connectivity index (χ0n) is 11.8. The Morgan fingerprint density at radius 3 is 2.95 bits per heavy atom. The Hall–Kier alpha value is -2.34. The molecule has 0 amide bonds. The zero-order chi connectivity index (χ0) is 14.8. The maximum absolute atomic E-state index is 5.85. The topological polar surface area (TPSA) is 61.0 Å². The van der Waals surface area contributed by atoms with Crippen LogP contribution in [0.1, 0.15) is 11.1 Å². The summed E-state index contributed by atoms with van der Waals surface area (Å²) in [6.07, 6.45) is 5.58. The number of methoxy groups -OCH3 is 1. The van der Waals surface area contributed by atoms with E-state index in [2.05, 4.69) is 16.0 Å². The van der Waals surface area contributed by atoms with Crippen LogP contribution in [-0.4, -0.2) is 24.9 Å². The van der Waals surface area contributed by atoms with Crippen molar-refractivity contribution >= 4 is 52.8 Å². The number of hydrogen-bond acceptors (Lipinski definition) is 5. The highest BCUT2D eigenvalue weighted by molar-refractivity contribution is 7.18. The average Bonchev–Trinajstić information content (AvgIpc) is 2.91. The molecule has 2 heterocycles. The molecule has 0 bridgehead atoms. The van der Waals surface area contributed by atoms with Crippen molar-refractivity contribution in [3.63, 3.8) is 0 Å². The van der Waals surface area contributed by atoms with E-state index in [4.69, 9.17) is 10.5 Å². The highest BCUT2D eigenvalue weighted by atomic mass is 32.1. The first-order valence-electron chi connectivity index (χ1n) is 6.49. The quantitative estimate of drug-likeness (QED) is 0.747. The maximum Gasteiger partial charge on any atom is 0.144 e. The summed E-state index contributed by atoms with van der Waals surface area (Å²) in [5, 5.41) is 2.04. The number of ether oxygens (including phenoxy) is 1. The van der Waals surface area contributed by atoms with Gasteiger partial charge in [-0.05, 0) is 17.1 Å². The van der Waals surface area contributed by atoms with Crippen LogP contribution in [0, 0.1) is 0 Å². The van der Waals surface area contributed by atoms with Crippen molar-refractivity contribution in [2.24, 2.45) is 0 Å². The standard InChI is InChI=1S/C15H14BN3OS/c1-20-12-6-9(3-5-11(12)16)2-4-10-7-21-14-13(10)18-8-19-15(14)17/h2-8H,16H2,1H3,(H2,17,18,19)/b4-2+. The molecule has 104 valence electrons. The van der Waals surface area contributed by atoms with Gasteiger partial charge in [0.2, 0.25) is 0 Å². The molecule has 2 N–H and O–H groups in total.